The van der Waals surface area contributed by atoms with Crippen molar-refractivity contribution in [3.63, 3.8) is 0 Å². The number of halogens is 1. The SMILES string of the molecule is CC(C)(O)[C@H](F)CNC(=O)c1cnc(-c2ccc3cc(C#N)cnn23)cc1N[C@@H]1CN2CCC1CC2. The first kappa shape index (κ1) is 24.2. The molecule has 3 aliphatic heterocycles. The molecule has 1 amide bonds. The van der Waals surface area contributed by atoms with Crippen molar-refractivity contribution in [2.24, 2.45) is 5.92 Å². The number of hydrogen-bond acceptors (Lipinski definition) is 7. The number of amides is 1. The van der Waals surface area contributed by atoms with Gasteiger partial charge in [0.25, 0.3) is 5.91 Å². The van der Waals surface area contributed by atoms with Crippen molar-refractivity contribution < 1.29 is 14.3 Å². The van der Waals surface area contributed by atoms with Crippen LogP contribution in [0.4, 0.5) is 10.1 Å². The molecule has 0 aromatic carbocycles. The van der Waals surface area contributed by atoms with Gasteiger partial charge < -0.3 is 20.6 Å². The molecule has 6 heterocycles. The van der Waals surface area contributed by atoms with E-state index in [1.165, 1.54) is 26.2 Å². The second kappa shape index (κ2) is 9.48. The van der Waals surface area contributed by atoms with Gasteiger partial charge in [-0.15, -0.1) is 0 Å². The maximum atomic E-state index is 14.3. The number of nitrogens with zero attached hydrogens (tertiary/aromatic N) is 5. The van der Waals surface area contributed by atoms with Gasteiger partial charge in [0, 0.05) is 18.8 Å². The molecule has 3 saturated heterocycles. The number of carbonyl (C=O) groups excluding carboxylic acids is 1. The summed E-state index contributed by atoms with van der Waals surface area (Å²) >= 11 is 0. The standard InChI is InChI=1S/C26H30FN7O2/c1-26(2,36)24(27)14-30-25(35)19-13-29-21(23-4-3-18-9-16(11-28)12-31-34(18)23)10-20(19)32-22-15-33-7-5-17(22)6-8-33/h3-4,9-10,12-13,17,22,24,36H,5-8,14-15H2,1-2H3,(H,29,32)(H,30,35)/t22-,24-/m1/s1. The highest BCUT2D eigenvalue weighted by Gasteiger charge is 2.35. The molecule has 6 rings (SSSR count). The Balaban J connectivity index is 1.47. The minimum atomic E-state index is -1.61. The van der Waals surface area contributed by atoms with Crippen LogP contribution >= 0.6 is 0 Å². The van der Waals surface area contributed by atoms with Crippen LogP contribution in [0, 0.1) is 17.2 Å². The number of pyridine rings is 1. The van der Waals surface area contributed by atoms with Gasteiger partial charge in [-0.3, -0.25) is 9.78 Å². The van der Waals surface area contributed by atoms with E-state index in [2.05, 4.69) is 31.7 Å². The van der Waals surface area contributed by atoms with Gasteiger partial charge in [0.15, 0.2) is 0 Å². The fraction of sp³-hybridized carbons (Fsp3) is 0.462. The van der Waals surface area contributed by atoms with Crippen LogP contribution in [0.2, 0.25) is 0 Å². The first-order valence-corrected chi connectivity index (χ1v) is 12.2. The van der Waals surface area contributed by atoms with Gasteiger partial charge in [0.2, 0.25) is 0 Å². The zero-order chi connectivity index (χ0) is 25.4. The summed E-state index contributed by atoms with van der Waals surface area (Å²) in [4.78, 5) is 20.0. The third kappa shape index (κ3) is 4.76. The zero-order valence-electron chi connectivity index (χ0n) is 20.4. The van der Waals surface area contributed by atoms with Crippen molar-refractivity contribution in [1.29, 1.82) is 5.26 Å². The third-order valence-electron chi connectivity index (χ3n) is 7.25. The van der Waals surface area contributed by atoms with Gasteiger partial charge in [-0.05, 0) is 70.0 Å². The fourth-order valence-electron chi connectivity index (χ4n) is 5.01. The number of aromatic nitrogens is 3. The number of piperidine rings is 3. The first-order chi connectivity index (χ1) is 17.2. The Morgan fingerprint density at radius 3 is 2.75 bits per heavy atom. The van der Waals surface area contributed by atoms with Crippen LogP contribution in [0.1, 0.15) is 42.6 Å². The predicted octanol–water partition coefficient (Wildman–Crippen LogP) is 2.61. The number of alkyl halides is 1. The van der Waals surface area contributed by atoms with Crippen molar-refractivity contribution in [3.8, 4) is 17.5 Å². The topological polar surface area (TPSA) is 119 Å². The van der Waals surface area contributed by atoms with E-state index in [9.17, 15) is 14.3 Å². The Morgan fingerprint density at radius 2 is 2.08 bits per heavy atom. The summed E-state index contributed by atoms with van der Waals surface area (Å²) in [6.45, 7) is 5.53. The molecule has 2 bridgehead atoms. The quantitative estimate of drug-likeness (QED) is 0.465. The van der Waals surface area contributed by atoms with Gasteiger partial charge in [-0.1, -0.05) is 0 Å². The van der Waals surface area contributed by atoms with E-state index in [1.807, 2.05) is 18.2 Å². The van der Waals surface area contributed by atoms with E-state index in [4.69, 9.17) is 5.26 Å². The minimum absolute atomic E-state index is 0.194. The lowest BCUT2D eigenvalue weighted by Crippen LogP contribution is -2.53. The van der Waals surface area contributed by atoms with Crippen LogP contribution in [0.3, 0.4) is 0 Å². The highest BCUT2D eigenvalue weighted by molar-refractivity contribution is 6.00. The summed E-state index contributed by atoms with van der Waals surface area (Å²) in [5.74, 6) is 0.0645. The average Bonchev–Trinajstić information content (AvgIpc) is 3.30. The Hall–Kier alpha value is -3.55. The molecular weight excluding hydrogens is 461 g/mol. The van der Waals surface area contributed by atoms with Gasteiger partial charge in [-0.25, -0.2) is 8.91 Å². The highest BCUT2D eigenvalue weighted by atomic mass is 19.1. The molecular formula is C26H30FN7O2. The second-order valence-electron chi connectivity index (χ2n) is 10.2. The number of rotatable bonds is 7. The van der Waals surface area contributed by atoms with Crippen molar-refractivity contribution in [2.75, 3.05) is 31.5 Å². The van der Waals surface area contributed by atoms with Crippen molar-refractivity contribution in [1.82, 2.24) is 24.8 Å². The molecule has 10 heteroatoms. The molecule has 3 N–H and O–H groups in total. The van der Waals surface area contributed by atoms with Gasteiger partial charge in [-0.2, -0.15) is 10.4 Å². The Kier molecular flexibility index (Phi) is 6.36. The molecule has 2 atom stereocenters. The number of nitriles is 1. The van der Waals surface area contributed by atoms with Crippen molar-refractivity contribution >= 4 is 17.1 Å². The molecule has 0 unspecified atom stereocenters. The number of nitrogens with one attached hydrogen (secondary N) is 2. The molecule has 36 heavy (non-hydrogen) atoms. The Morgan fingerprint density at radius 1 is 1.31 bits per heavy atom. The molecule has 188 valence electrons. The number of fused-ring (bicyclic) bond motifs is 4. The second-order valence-corrected chi connectivity index (χ2v) is 10.2. The molecule has 3 fully saturated rings. The van der Waals surface area contributed by atoms with Crippen molar-refractivity contribution in [2.45, 2.75) is 44.5 Å². The monoisotopic (exact) mass is 491 g/mol. The van der Waals surface area contributed by atoms with Crippen LogP contribution in [-0.4, -0.2) is 74.5 Å². The largest absolute Gasteiger partial charge is 0.387 e. The summed E-state index contributed by atoms with van der Waals surface area (Å²) in [7, 11) is 0. The normalized spacial score (nSPS) is 22.2. The van der Waals surface area contributed by atoms with Crippen LogP contribution < -0.4 is 10.6 Å². The first-order valence-electron chi connectivity index (χ1n) is 12.2. The Bertz CT molecular complexity index is 1320. The summed E-state index contributed by atoms with van der Waals surface area (Å²) in [6.07, 6.45) is 3.61. The van der Waals surface area contributed by atoms with E-state index >= 15 is 0 Å². The van der Waals surface area contributed by atoms with Crippen LogP contribution in [0.15, 0.2) is 36.7 Å². The minimum Gasteiger partial charge on any atom is -0.387 e. The average molecular weight is 492 g/mol. The van der Waals surface area contributed by atoms with Crippen molar-refractivity contribution in [3.05, 3.63) is 47.8 Å². The maximum absolute atomic E-state index is 14.3. The fourth-order valence-corrected chi connectivity index (χ4v) is 5.01. The highest BCUT2D eigenvalue weighted by Crippen LogP contribution is 2.32. The molecule has 0 radical (unpaired) electrons. The number of carbonyl (C=O) groups is 1. The Labute approximate surface area is 208 Å². The molecule has 3 aromatic rings. The van der Waals surface area contributed by atoms with E-state index in [1.54, 1.807) is 10.6 Å². The summed E-state index contributed by atoms with van der Waals surface area (Å²) in [5, 5.41) is 29.6. The predicted molar refractivity (Wildman–Crippen MR) is 133 cm³/mol. The van der Waals surface area contributed by atoms with E-state index in [0.29, 0.717) is 28.4 Å². The van der Waals surface area contributed by atoms with Gasteiger partial charge >= 0.3 is 0 Å². The number of aliphatic hydroxyl groups is 1. The maximum Gasteiger partial charge on any atom is 0.255 e. The molecule has 0 saturated carbocycles. The smallest absolute Gasteiger partial charge is 0.255 e. The number of hydrogen-bond donors (Lipinski definition) is 3. The summed E-state index contributed by atoms with van der Waals surface area (Å²) in [6, 6.07) is 9.61. The van der Waals surface area contributed by atoms with Gasteiger partial charge in [0.1, 0.15) is 12.2 Å². The summed E-state index contributed by atoms with van der Waals surface area (Å²) in [5.41, 5.74) is 1.96. The summed E-state index contributed by atoms with van der Waals surface area (Å²) < 4.78 is 16.0. The van der Waals surface area contributed by atoms with Gasteiger partial charge in [0.05, 0.1) is 52.1 Å². The molecule has 0 spiro atoms. The van der Waals surface area contributed by atoms with E-state index < -0.39 is 17.7 Å². The molecule has 0 aliphatic carbocycles. The van der Waals surface area contributed by atoms with Crippen LogP contribution in [0.25, 0.3) is 16.9 Å². The van der Waals surface area contributed by atoms with E-state index in [-0.39, 0.29) is 12.6 Å². The third-order valence-corrected chi connectivity index (χ3v) is 7.25. The molecule has 3 aromatic heterocycles. The van der Waals surface area contributed by atoms with E-state index in [0.717, 1.165) is 43.7 Å². The lowest BCUT2D eigenvalue weighted by Gasteiger charge is -2.45. The van der Waals surface area contributed by atoms with Crippen LogP contribution in [0.5, 0.6) is 0 Å². The molecule has 9 nitrogen and oxygen atoms in total. The zero-order valence-corrected chi connectivity index (χ0v) is 20.4. The lowest BCUT2D eigenvalue weighted by molar-refractivity contribution is -0.00177. The lowest BCUT2D eigenvalue weighted by atomic mass is 9.84. The molecule has 3 aliphatic rings. The van der Waals surface area contributed by atoms with Crippen LogP contribution in [-0.2, 0) is 0 Å². The number of anilines is 1.